The minimum absolute atomic E-state index is 0.0531. The smallest absolute Gasteiger partial charge is 0.308 e. The van der Waals surface area contributed by atoms with E-state index >= 15 is 0 Å². The summed E-state index contributed by atoms with van der Waals surface area (Å²) in [4.78, 5) is 30.2. The van der Waals surface area contributed by atoms with Gasteiger partial charge in [0.1, 0.15) is 0 Å². The fourth-order valence-electron chi connectivity index (χ4n) is 3.33. The van der Waals surface area contributed by atoms with Gasteiger partial charge in [-0.15, -0.1) is 11.3 Å². The summed E-state index contributed by atoms with van der Waals surface area (Å²) in [7, 11) is 0. The Bertz CT molecular complexity index is 771. The maximum atomic E-state index is 12.6. The zero-order valence-electron chi connectivity index (χ0n) is 13.7. The van der Waals surface area contributed by atoms with Gasteiger partial charge in [0.05, 0.1) is 23.0 Å². The molecule has 2 heterocycles. The molecule has 1 aliphatic rings. The Kier molecular flexibility index (Phi) is 4.66. The molecule has 6 heteroatoms. The molecule has 2 atom stereocenters. The predicted molar refractivity (Wildman–Crippen MR) is 92.2 cm³/mol. The Morgan fingerprint density at radius 2 is 2.04 bits per heavy atom. The van der Waals surface area contributed by atoms with Crippen molar-refractivity contribution < 1.29 is 14.7 Å². The minimum Gasteiger partial charge on any atom is -0.481 e. The van der Waals surface area contributed by atoms with E-state index in [1.54, 1.807) is 4.90 Å². The van der Waals surface area contributed by atoms with Crippen LogP contribution in [0.25, 0.3) is 0 Å². The van der Waals surface area contributed by atoms with Gasteiger partial charge in [-0.05, 0) is 25.0 Å². The van der Waals surface area contributed by atoms with Crippen molar-refractivity contribution in [2.24, 2.45) is 5.92 Å². The molecule has 0 saturated carbocycles. The van der Waals surface area contributed by atoms with Gasteiger partial charge >= 0.3 is 5.97 Å². The molecular weight excluding hydrogens is 324 g/mol. The second-order valence-electron chi connectivity index (χ2n) is 6.24. The molecule has 0 bridgehead atoms. The number of aryl methyl sites for hydroxylation is 2. The zero-order chi connectivity index (χ0) is 17.3. The van der Waals surface area contributed by atoms with Gasteiger partial charge in [0.2, 0.25) is 5.91 Å². The molecule has 1 N–H and O–H groups in total. The van der Waals surface area contributed by atoms with Gasteiger partial charge in [0.15, 0.2) is 0 Å². The van der Waals surface area contributed by atoms with Crippen LogP contribution in [0.4, 0.5) is 0 Å². The maximum Gasteiger partial charge on any atom is 0.308 e. The molecule has 0 unspecified atom stereocenters. The van der Waals surface area contributed by atoms with Crippen molar-refractivity contribution in [1.29, 1.82) is 0 Å². The van der Waals surface area contributed by atoms with Crippen LogP contribution in [0.15, 0.2) is 29.6 Å². The van der Waals surface area contributed by atoms with E-state index in [9.17, 15) is 14.7 Å². The number of aliphatic carboxylic acids is 1. The van der Waals surface area contributed by atoms with E-state index < -0.39 is 11.9 Å². The number of carboxylic acids is 1. The number of rotatable bonds is 4. The second-order valence-corrected chi connectivity index (χ2v) is 7.30. The third kappa shape index (κ3) is 3.33. The Morgan fingerprint density at radius 1 is 1.29 bits per heavy atom. The first-order valence-corrected chi connectivity index (χ1v) is 8.80. The van der Waals surface area contributed by atoms with Crippen LogP contribution in [-0.2, 0) is 16.0 Å². The van der Waals surface area contributed by atoms with E-state index in [0.717, 1.165) is 21.8 Å². The lowest BCUT2D eigenvalue weighted by molar-refractivity contribution is -0.141. The van der Waals surface area contributed by atoms with E-state index in [-0.39, 0.29) is 24.8 Å². The molecule has 5 nitrogen and oxygen atoms in total. The van der Waals surface area contributed by atoms with E-state index in [4.69, 9.17) is 0 Å². The lowest BCUT2D eigenvalue weighted by Crippen LogP contribution is -2.31. The first kappa shape index (κ1) is 16.6. The Labute approximate surface area is 145 Å². The average Bonchev–Trinajstić information content (AvgIpc) is 3.14. The first-order valence-electron chi connectivity index (χ1n) is 7.93. The van der Waals surface area contributed by atoms with Gasteiger partial charge < -0.3 is 10.0 Å². The van der Waals surface area contributed by atoms with Crippen molar-refractivity contribution in [3.05, 3.63) is 51.5 Å². The lowest BCUT2D eigenvalue weighted by atomic mass is 9.86. The molecule has 1 saturated heterocycles. The number of aromatic nitrogens is 1. The number of hydrogen-bond donors (Lipinski definition) is 1. The normalized spacial score (nSPS) is 20.3. The highest BCUT2D eigenvalue weighted by molar-refractivity contribution is 7.09. The van der Waals surface area contributed by atoms with Crippen LogP contribution in [-0.4, -0.2) is 40.0 Å². The summed E-state index contributed by atoms with van der Waals surface area (Å²) in [6, 6.07) is 7.81. The van der Waals surface area contributed by atoms with Crippen molar-refractivity contribution in [1.82, 2.24) is 9.88 Å². The van der Waals surface area contributed by atoms with Crippen LogP contribution in [0.1, 0.15) is 27.7 Å². The Hall–Kier alpha value is -2.21. The Balaban J connectivity index is 1.78. The number of likely N-dealkylation sites (tertiary alicyclic amines) is 1. The Morgan fingerprint density at radius 3 is 2.67 bits per heavy atom. The average molecular weight is 344 g/mol. The molecule has 1 fully saturated rings. The molecule has 1 aliphatic heterocycles. The summed E-state index contributed by atoms with van der Waals surface area (Å²) in [5.74, 6) is -1.62. The fraction of sp³-hybridized carbons (Fsp3) is 0.389. The molecule has 0 spiro atoms. The van der Waals surface area contributed by atoms with Crippen molar-refractivity contribution in [3.63, 3.8) is 0 Å². The van der Waals surface area contributed by atoms with Gasteiger partial charge in [-0.3, -0.25) is 9.59 Å². The molecule has 0 radical (unpaired) electrons. The highest BCUT2D eigenvalue weighted by atomic mass is 32.1. The molecule has 3 rings (SSSR count). The molecular formula is C18H20N2O3S. The standard InChI is InChI=1S/C18H20N2O3S/c1-11-5-3-4-6-14(11)15-8-20(9-16(15)18(22)23)17(21)7-13-10-24-12(2)19-13/h3-6,10,15-16H,7-9H2,1-2H3,(H,22,23)/t15-,16+/m1/s1. The van der Waals surface area contributed by atoms with E-state index in [0.29, 0.717) is 6.54 Å². The van der Waals surface area contributed by atoms with Gasteiger partial charge in [-0.2, -0.15) is 0 Å². The highest BCUT2D eigenvalue weighted by Gasteiger charge is 2.40. The fourth-order valence-corrected chi connectivity index (χ4v) is 3.94. The number of carbonyl (C=O) groups excluding carboxylic acids is 1. The van der Waals surface area contributed by atoms with Crippen molar-refractivity contribution in [2.45, 2.75) is 26.2 Å². The van der Waals surface area contributed by atoms with Crippen molar-refractivity contribution in [2.75, 3.05) is 13.1 Å². The summed E-state index contributed by atoms with van der Waals surface area (Å²) in [6.07, 6.45) is 0.233. The number of hydrogen-bond acceptors (Lipinski definition) is 4. The van der Waals surface area contributed by atoms with Gasteiger partial charge in [0, 0.05) is 24.4 Å². The molecule has 1 amide bonds. The monoisotopic (exact) mass is 344 g/mol. The number of carbonyl (C=O) groups is 2. The molecule has 0 aliphatic carbocycles. The van der Waals surface area contributed by atoms with E-state index in [1.165, 1.54) is 11.3 Å². The number of thiazole rings is 1. The van der Waals surface area contributed by atoms with Crippen LogP contribution in [0.3, 0.4) is 0 Å². The van der Waals surface area contributed by atoms with Crippen molar-refractivity contribution in [3.8, 4) is 0 Å². The topological polar surface area (TPSA) is 70.5 Å². The van der Waals surface area contributed by atoms with Crippen LogP contribution < -0.4 is 0 Å². The molecule has 1 aromatic carbocycles. The molecule has 24 heavy (non-hydrogen) atoms. The summed E-state index contributed by atoms with van der Waals surface area (Å²) >= 11 is 1.52. The summed E-state index contributed by atoms with van der Waals surface area (Å²) < 4.78 is 0. The quantitative estimate of drug-likeness (QED) is 0.925. The third-order valence-electron chi connectivity index (χ3n) is 4.58. The van der Waals surface area contributed by atoms with Gasteiger partial charge in [-0.25, -0.2) is 4.98 Å². The van der Waals surface area contributed by atoms with Crippen LogP contribution >= 0.6 is 11.3 Å². The highest BCUT2D eigenvalue weighted by Crippen LogP contribution is 2.34. The minimum atomic E-state index is -0.844. The predicted octanol–water partition coefficient (Wildman–Crippen LogP) is 2.63. The maximum absolute atomic E-state index is 12.6. The number of nitrogens with zero attached hydrogens (tertiary/aromatic N) is 2. The van der Waals surface area contributed by atoms with Crippen LogP contribution in [0, 0.1) is 19.8 Å². The lowest BCUT2D eigenvalue weighted by Gasteiger charge is -2.17. The van der Waals surface area contributed by atoms with E-state index in [1.807, 2.05) is 43.5 Å². The SMILES string of the molecule is Cc1nc(CC(=O)N2C[C@H](C(=O)O)[C@@H](c3ccccc3C)C2)cs1. The first-order chi connectivity index (χ1) is 11.5. The number of carboxylic acid groups (broad SMARTS) is 1. The largest absolute Gasteiger partial charge is 0.481 e. The van der Waals surface area contributed by atoms with Gasteiger partial charge in [-0.1, -0.05) is 24.3 Å². The van der Waals surface area contributed by atoms with E-state index in [2.05, 4.69) is 4.98 Å². The molecule has 1 aromatic heterocycles. The number of benzene rings is 1. The van der Waals surface area contributed by atoms with Crippen LogP contribution in [0.5, 0.6) is 0 Å². The number of amides is 1. The second kappa shape index (κ2) is 6.73. The molecule has 126 valence electrons. The third-order valence-corrected chi connectivity index (χ3v) is 5.40. The van der Waals surface area contributed by atoms with Crippen LogP contribution in [0.2, 0.25) is 0 Å². The zero-order valence-corrected chi connectivity index (χ0v) is 14.5. The summed E-state index contributed by atoms with van der Waals surface area (Å²) in [5, 5.41) is 12.4. The summed E-state index contributed by atoms with van der Waals surface area (Å²) in [5.41, 5.74) is 2.84. The van der Waals surface area contributed by atoms with Crippen molar-refractivity contribution >= 4 is 23.2 Å². The van der Waals surface area contributed by atoms with Gasteiger partial charge in [0.25, 0.3) is 0 Å². The summed E-state index contributed by atoms with van der Waals surface area (Å²) in [6.45, 7) is 4.60. The molecule has 2 aromatic rings.